The van der Waals surface area contributed by atoms with Crippen molar-refractivity contribution in [2.45, 2.75) is 37.3 Å². The van der Waals surface area contributed by atoms with Gasteiger partial charge < -0.3 is 20.5 Å². The normalized spacial score (nSPS) is 17.6. The third kappa shape index (κ3) is 5.91. The molecule has 1 saturated heterocycles. The second-order valence-corrected chi connectivity index (χ2v) is 9.58. The molecular weight excluding hydrogens is 508 g/mol. The van der Waals surface area contributed by atoms with Gasteiger partial charge in [-0.25, -0.2) is 18.5 Å². The van der Waals surface area contributed by atoms with E-state index in [-0.39, 0.29) is 25.3 Å². The number of benzene rings is 3. The minimum Gasteiger partial charge on any atom is -0.491 e. The molecule has 10 heteroatoms. The van der Waals surface area contributed by atoms with Gasteiger partial charge in [0.15, 0.2) is 0 Å². The molecule has 1 unspecified atom stereocenters. The van der Waals surface area contributed by atoms with E-state index in [1.165, 1.54) is 36.4 Å². The lowest BCUT2D eigenvalue weighted by Crippen LogP contribution is -2.49. The van der Waals surface area contributed by atoms with E-state index in [0.717, 1.165) is 23.3 Å². The highest BCUT2D eigenvalue weighted by atomic mass is 19.1. The molecule has 1 saturated carbocycles. The average Bonchev–Trinajstić information content (AvgIpc) is 3.74. The monoisotopic (exact) mass is 535 g/mol. The van der Waals surface area contributed by atoms with Crippen LogP contribution in [0.15, 0.2) is 66.7 Å². The number of nitrogens with one attached hydrogen (secondary N) is 2. The first kappa shape index (κ1) is 26.3. The lowest BCUT2D eigenvalue weighted by molar-refractivity contribution is -0.134. The van der Waals surface area contributed by atoms with Gasteiger partial charge in [-0.15, -0.1) is 0 Å². The standard InChI is InChI=1S/C29H27F2N3O5/c30-21-8-1-17(2-9-21)15-25(27(36)32-24-12-7-20(16-23(24)31)18-3-4-18)34-28(37)26(33-29(34)38)19-5-10-22(11-6-19)39-14-13-35/h1-2,5-12,16,18,25-26,35H,3-4,13-15H2,(H,32,36)(H,33,38)/t25?,26-/m1/s1. The number of imide groups is 1. The van der Waals surface area contributed by atoms with E-state index in [1.807, 2.05) is 0 Å². The van der Waals surface area contributed by atoms with Crippen LogP contribution in [0.4, 0.5) is 19.3 Å². The summed E-state index contributed by atoms with van der Waals surface area (Å²) in [4.78, 5) is 40.8. The minimum absolute atomic E-state index is 0.0596. The molecule has 3 aromatic rings. The highest BCUT2D eigenvalue weighted by Crippen LogP contribution is 2.40. The molecule has 2 atom stereocenters. The molecular formula is C29H27F2N3O5. The van der Waals surface area contributed by atoms with Crippen molar-refractivity contribution in [1.82, 2.24) is 10.2 Å². The Labute approximate surface area is 223 Å². The number of anilines is 1. The zero-order valence-corrected chi connectivity index (χ0v) is 20.9. The maximum atomic E-state index is 14.8. The number of ether oxygens (including phenoxy) is 1. The molecule has 39 heavy (non-hydrogen) atoms. The maximum Gasteiger partial charge on any atom is 0.325 e. The number of aliphatic hydroxyl groups excluding tert-OH is 1. The predicted octanol–water partition coefficient (Wildman–Crippen LogP) is 4.06. The van der Waals surface area contributed by atoms with E-state index in [9.17, 15) is 23.2 Å². The summed E-state index contributed by atoms with van der Waals surface area (Å²) in [7, 11) is 0. The summed E-state index contributed by atoms with van der Waals surface area (Å²) in [5.41, 5.74) is 1.78. The first-order valence-corrected chi connectivity index (χ1v) is 12.7. The highest BCUT2D eigenvalue weighted by Gasteiger charge is 2.45. The molecule has 0 bridgehead atoms. The van der Waals surface area contributed by atoms with Gasteiger partial charge in [-0.2, -0.15) is 0 Å². The predicted molar refractivity (Wildman–Crippen MR) is 138 cm³/mol. The van der Waals surface area contributed by atoms with Gasteiger partial charge in [0.2, 0.25) is 5.91 Å². The topological polar surface area (TPSA) is 108 Å². The van der Waals surface area contributed by atoms with Crippen molar-refractivity contribution in [1.29, 1.82) is 0 Å². The number of nitrogens with zero attached hydrogens (tertiary/aromatic N) is 1. The molecule has 2 aliphatic rings. The Morgan fingerprint density at radius 3 is 2.36 bits per heavy atom. The average molecular weight is 536 g/mol. The summed E-state index contributed by atoms with van der Waals surface area (Å²) in [6.07, 6.45) is 1.89. The van der Waals surface area contributed by atoms with Gasteiger partial charge in [-0.05, 0) is 71.8 Å². The van der Waals surface area contributed by atoms with E-state index in [2.05, 4.69) is 10.6 Å². The van der Waals surface area contributed by atoms with Crippen LogP contribution < -0.4 is 15.4 Å². The first-order valence-electron chi connectivity index (χ1n) is 12.7. The Morgan fingerprint density at radius 2 is 1.72 bits per heavy atom. The van der Waals surface area contributed by atoms with Crippen LogP contribution in [0.1, 0.15) is 41.5 Å². The van der Waals surface area contributed by atoms with Crippen molar-refractivity contribution in [2.75, 3.05) is 18.5 Å². The summed E-state index contributed by atoms with van der Waals surface area (Å²) in [6.45, 7) is -0.0454. The molecule has 1 heterocycles. The van der Waals surface area contributed by atoms with Crippen LogP contribution in [0.5, 0.6) is 5.75 Å². The maximum absolute atomic E-state index is 14.8. The summed E-state index contributed by atoms with van der Waals surface area (Å²) in [6, 6.07) is 13.2. The largest absolute Gasteiger partial charge is 0.491 e. The third-order valence-electron chi connectivity index (χ3n) is 6.80. The zero-order valence-electron chi connectivity index (χ0n) is 20.9. The van der Waals surface area contributed by atoms with Crippen molar-refractivity contribution in [3.05, 3.63) is 95.1 Å². The van der Waals surface area contributed by atoms with Crippen LogP contribution in [-0.2, 0) is 16.0 Å². The van der Waals surface area contributed by atoms with Gasteiger partial charge in [0, 0.05) is 6.42 Å². The molecule has 1 aliphatic heterocycles. The number of carbonyl (C=O) groups excluding carboxylic acids is 3. The van der Waals surface area contributed by atoms with Crippen LogP contribution in [0.2, 0.25) is 0 Å². The quantitative estimate of drug-likeness (QED) is 0.340. The molecule has 5 rings (SSSR count). The Morgan fingerprint density at radius 1 is 1.03 bits per heavy atom. The number of urea groups is 1. The van der Waals surface area contributed by atoms with Gasteiger partial charge in [-0.1, -0.05) is 30.3 Å². The molecule has 0 radical (unpaired) electrons. The third-order valence-corrected chi connectivity index (χ3v) is 6.80. The molecule has 2 fully saturated rings. The second-order valence-electron chi connectivity index (χ2n) is 9.58. The first-order chi connectivity index (χ1) is 18.8. The number of amides is 4. The fourth-order valence-electron chi connectivity index (χ4n) is 4.60. The van der Waals surface area contributed by atoms with Crippen LogP contribution in [-0.4, -0.2) is 47.1 Å². The summed E-state index contributed by atoms with van der Waals surface area (Å²) >= 11 is 0. The Kier molecular flexibility index (Phi) is 7.56. The fraction of sp³-hybridized carbons (Fsp3) is 0.276. The summed E-state index contributed by atoms with van der Waals surface area (Å²) < 4.78 is 33.6. The van der Waals surface area contributed by atoms with Gasteiger partial charge in [0.1, 0.15) is 36.1 Å². The van der Waals surface area contributed by atoms with Crippen LogP contribution in [0.3, 0.4) is 0 Å². The molecule has 4 amide bonds. The summed E-state index contributed by atoms with van der Waals surface area (Å²) in [5.74, 6) is -1.69. The second kappa shape index (κ2) is 11.2. The molecule has 0 spiro atoms. The van der Waals surface area contributed by atoms with Gasteiger partial charge in [0.25, 0.3) is 5.91 Å². The smallest absolute Gasteiger partial charge is 0.325 e. The lowest BCUT2D eigenvalue weighted by atomic mass is 10.0. The van der Waals surface area contributed by atoms with Crippen LogP contribution >= 0.6 is 0 Å². The zero-order chi connectivity index (χ0) is 27.5. The number of carbonyl (C=O) groups is 3. The van der Waals surface area contributed by atoms with E-state index in [0.29, 0.717) is 22.8 Å². The number of halogens is 2. The number of rotatable bonds is 10. The fourth-order valence-corrected chi connectivity index (χ4v) is 4.60. The van der Waals surface area contributed by atoms with Crippen LogP contribution in [0.25, 0.3) is 0 Å². The lowest BCUT2D eigenvalue weighted by Gasteiger charge is -2.25. The SMILES string of the molecule is O=C(Nc1ccc(C2CC2)cc1F)C(Cc1ccc(F)cc1)N1C(=O)N[C@H](c2ccc(OCCO)cc2)C1=O. The molecule has 3 aromatic carbocycles. The van der Waals surface area contributed by atoms with E-state index >= 15 is 0 Å². The van der Waals surface area contributed by atoms with Crippen molar-refractivity contribution < 1.29 is 33.0 Å². The van der Waals surface area contributed by atoms with Crippen molar-refractivity contribution in [3.63, 3.8) is 0 Å². The van der Waals surface area contributed by atoms with E-state index in [1.54, 1.807) is 30.3 Å². The van der Waals surface area contributed by atoms with Gasteiger partial charge >= 0.3 is 6.03 Å². The molecule has 0 aromatic heterocycles. The number of aliphatic hydroxyl groups is 1. The summed E-state index contributed by atoms with van der Waals surface area (Å²) in [5, 5.41) is 14.1. The van der Waals surface area contributed by atoms with Crippen molar-refractivity contribution in [2.24, 2.45) is 0 Å². The Hall–Kier alpha value is -4.31. The van der Waals surface area contributed by atoms with Gasteiger partial charge in [0.05, 0.1) is 12.3 Å². The molecule has 202 valence electrons. The molecule has 3 N–H and O–H groups in total. The number of hydrogen-bond donors (Lipinski definition) is 3. The Balaban J connectivity index is 1.39. The van der Waals surface area contributed by atoms with Crippen molar-refractivity contribution in [3.8, 4) is 5.75 Å². The minimum atomic E-state index is -1.33. The molecule has 1 aliphatic carbocycles. The highest BCUT2D eigenvalue weighted by molar-refractivity contribution is 6.09. The Bertz CT molecular complexity index is 1380. The van der Waals surface area contributed by atoms with Crippen molar-refractivity contribution >= 4 is 23.5 Å². The van der Waals surface area contributed by atoms with Crippen LogP contribution in [0, 0.1) is 11.6 Å². The molecule has 8 nitrogen and oxygen atoms in total. The van der Waals surface area contributed by atoms with Gasteiger partial charge in [-0.3, -0.25) is 9.59 Å². The number of hydrogen-bond acceptors (Lipinski definition) is 5. The van der Waals surface area contributed by atoms with E-state index in [4.69, 9.17) is 9.84 Å². The van der Waals surface area contributed by atoms with E-state index < -0.39 is 41.6 Å².